The monoisotopic (exact) mass is 409 g/mol. The van der Waals surface area contributed by atoms with Crippen molar-refractivity contribution in [2.24, 2.45) is 5.41 Å². The molecule has 1 saturated carbocycles. The van der Waals surface area contributed by atoms with Gasteiger partial charge in [-0.15, -0.1) is 11.3 Å². The molecule has 3 aliphatic rings. The van der Waals surface area contributed by atoms with Crippen LogP contribution in [-0.4, -0.2) is 51.9 Å². The second kappa shape index (κ2) is 6.92. The van der Waals surface area contributed by atoms with Crippen LogP contribution in [0, 0.1) is 19.3 Å². The van der Waals surface area contributed by atoms with Gasteiger partial charge in [0.15, 0.2) is 0 Å². The normalized spacial score (nSPS) is 33.9. The van der Waals surface area contributed by atoms with E-state index in [0.717, 1.165) is 34.8 Å². The topological polar surface area (TPSA) is 36.4 Å². The van der Waals surface area contributed by atoms with Gasteiger partial charge in [-0.05, 0) is 58.6 Å². The Kier molecular flexibility index (Phi) is 4.59. The highest BCUT2D eigenvalue weighted by Crippen LogP contribution is 2.56. The fourth-order valence-corrected chi connectivity index (χ4v) is 7.53. The van der Waals surface area contributed by atoms with Crippen molar-refractivity contribution >= 4 is 17.2 Å². The van der Waals surface area contributed by atoms with Gasteiger partial charge in [0, 0.05) is 29.6 Å². The molecule has 0 N–H and O–H groups in total. The summed E-state index contributed by atoms with van der Waals surface area (Å²) in [6.45, 7) is 6.43. The summed E-state index contributed by atoms with van der Waals surface area (Å²) >= 11 is 1.56. The lowest BCUT2D eigenvalue weighted by Gasteiger charge is -2.51. The van der Waals surface area contributed by atoms with Gasteiger partial charge in [-0.1, -0.05) is 37.3 Å². The predicted molar refractivity (Wildman–Crippen MR) is 117 cm³/mol. The minimum atomic E-state index is 0.203. The van der Waals surface area contributed by atoms with E-state index in [4.69, 9.17) is 0 Å². The van der Waals surface area contributed by atoms with Crippen LogP contribution in [0.25, 0.3) is 0 Å². The Morgan fingerprint density at radius 2 is 1.93 bits per heavy atom. The van der Waals surface area contributed by atoms with Gasteiger partial charge in [-0.3, -0.25) is 9.69 Å². The van der Waals surface area contributed by atoms with Crippen LogP contribution in [0.3, 0.4) is 0 Å². The van der Waals surface area contributed by atoms with Crippen LogP contribution < -0.4 is 0 Å². The Labute approximate surface area is 177 Å². The summed E-state index contributed by atoms with van der Waals surface area (Å²) in [5.74, 6) is 0.223. The second-order valence-corrected chi connectivity index (χ2v) is 10.7. The van der Waals surface area contributed by atoms with E-state index in [2.05, 4.69) is 59.1 Å². The zero-order valence-corrected chi connectivity index (χ0v) is 18.7. The van der Waals surface area contributed by atoms with Gasteiger partial charge < -0.3 is 4.90 Å². The van der Waals surface area contributed by atoms with Crippen molar-refractivity contribution in [3.63, 3.8) is 0 Å². The minimum absolute atomic E-state index is 0.203. The number of thiazole rings is 1. The lowest BCUT2D eigenvalue weighted by atomic mass is 9.64. The summed E-state index contributed by atoms with van der Waals surface area (Å²) in [6, 6.07) is 12.4. The van der Waals surface area contributed by atoms with Gasteiger partial charge in [-0.25, -0.2) is 4.98 Å². The molecule has 0 spiro atoms. The second-order valence-electron chi connectivity index (χ2n) is 9.52. The highest BCUT2D eigenvalue weighted by molar-refractivity contribution is 7.13. The van der Waals surface area contributed by atoms with Gasteiger partial charge in [0.2, 0.25) is 0 Å². The molecule has 1 amide bonds. The van der Waals surface area contributed by atoms with E-state index in [9.17, 15) is 4.79 Å². The van der Waals surface area contributed by atoms with Crippen LogP contribution in [0.5, 0.6) is 0 Å². The zero-order valence-electron chi connectivity index (χ0n) is 17.9. The molecule has 1 aromatic heterocycles. The maximum Gasteiger partial charge on any atom is 0.266 e. The van der Waals surface area contributed by atoms with Crippen molar-refractivity contribution in [1.29, 1.82) is 0 Å². The standard InChI is InChI=1S/C24H31N3OS/c1-15-22(29-16(2)25-15)23(28)27-19-14-24(3)20(11-8-12-21(24)27)26(4)18(19)13-17-9-6-5-7-10-17/h5-7,9-10,18-21H,8,11-14H2,1-4H3/t18-,19+,20-,21+,24-/m1/s1. The lowest BCUT2D eigenvalue weighted by molar-refractivity contribution is -0.00397. The van der Waals surface area contributed by atoms with E-state index in [1.807, 2.05) is 13.8 Å². The van der Waals surface area contributed by atoms with E-state index in [0.29, 0.717) is 18.1 Å². The summed E-state index contributed by atoms with van der Waals surface area (Å²) in [4.78, 5) is 24.2. The van der Waals surface area contributed by atoms with Crippen molar-refractivity contribution in [2.75, 3.05) is 7.05 Å². The molecule has 5 heteroatoms. The average Bonchev–Trinajstić information content (AvgIpc) is 3.20. The van der Waals surface area contributed by atoms with Crippen molar-refractivity contribution in [2.45, 2.75) is 77.0 Å². The molecular weight excluding hydrogens is 378 g/mol. The number of nitrogens with zero attached hydrogens (tertiary/aromatic N) is 3. The molecule has 2 aromatic rings. The van der Waals surface area contributed by atoms with Crippen LogP contribution in [0.4, 0.5) is 0 Å². The smallest absolute Gasteiger partial charge is 0.266 e. The first kappa shape index (κ1) is 19.3. The molecular formula is C24H31N3OS. The lowest BCUT2D eigenvalue weighted by Crippen LogP contribution is -2.59. The number of carbonyl (C=O) groups is 1. The number of piperidine rings is 1. The number of likely N-dealkylation sites (N-methyl/N-ethyl adjacent to an activating group) is 1. The number of carbonyl (C=O) groups excluding carboxylic acids is 1. The number of aryl methyl sites for hydroxylation is 2. The Bertz CT molecular complexity index is 925. The van der Waals surface area contributed by atoms with Crippen molar-refractivity contribution in [3.8, 4) is 0 Å². The molecule has 154 valence electrons. The molecule has 5 atom stereocenters. The third-order valence-corrected chi connectivity index (χ3v) is 8.96. The van der Waals surface area contributed by atoms with Gasteiger partial charge in [0.05, 0.1) is 10.7 Å². The SMILES string of the molecule is Cc1nc(C)c(C(=O)N2[C@H]3CCC[C@H]4N(C)[C@H](Cc5ccccc5)[C@@H]2C[C@@]34C)s1. The molecule has 0 radical (unpaired) electrons. The molecule has 3 fully saturated rings. The van der Waals surface area contributed by atoms with E-state index in [-0.39, 0.29) is 17.4 Å². The minimum Gasteiger partial charge on any atom is -0.330 e. The van der Waals surface area contributed by atoms with Crippen molar-refractivity contribution in [3.05, 3.63) is 51.5 Å². The largest absolute Gasteiger partial charge is 0.330 e. The Balaban J connectivity index is 1.56. The molecule has 2 bridgehead atoms. The summed E-state index contributed by atoms with van der Waals surface area (Å²) in [6.07, 6.45) is 5.74. The summed E-state index contributed by atoms with van der Waals surface area (Å²) in [7, 11) is 2.31. The molecule has 2 saturated heterocycles. The Morgan fingerprint density at radius 1 is 1.21 bits per heavy atom. The first-order valence-electron chi connectivity index (χ1n) is 10.9. The van der Waals surface area contributed by atoms with E-state index < -0.39 is 0 Å². The molecule has 3 heterocycles. The molecule has 29 heavy (non-hydrogen) atoms. The molecule has 4 nitrogen and oxygen atoms in total. The Morgan fingerprint density at radius 3 is 2.62 bits per heavy atom. The summed E-state index contributed by atoms with van der Waals surface area (Å²) in [5, 5.41) is 0.985. The molecule has 0 unspecified atom stereocenters. The Hall–Kier alpha value is -1.72. The maximum absolute atomic E-state index is 13.8. The summed E-state index contributed by atoms with van der Waals surface area (Å²) < 4.78 is 0. The first-order valence-corrected chi connectivity index (χ1v) is 11.7. The van der Waals surface area contributed by atoms with Crippen molar-refractivity contribution in [1.82, 2.24) is 14.8 Å². The van der Waals surface area contributed by atoms with Crippen LogP contribution in [0.1, 0.15) is 58.5 Å². The first-order chi connectivity index (χ1) is 13.9. The number of rotatable bonds is 3. The highest BCUT2D eigenvalue weighted by Gasteiger charge is 2.63. The highest BCUT2D eigenvalue weighted by atomic mass is 32.1. The van der Waals surface area contributed by atoms with Gasteiger partial charge >= 0.3 is 0 Å². The third-order valence-electron chi connectivity index (χ3n) is 7.90. The number of benzene rings is 1. The van der Waals surface area contributed by atoms with Gasteiger partial charge in [0.1, 0.15) is 4.88 Å². The summed E-state index contributed by atoms with van der Waals surface area (Å²) in [5.41, 5.74) is 2.46. The number of hydrogen-bond acceptors (Lipinski definition) is 4. The van der Waals surface area contributed by atoms with Gasteiger partial charge in [0.25, 0.3) is 5.91 Å². The van der Waals surface area contributed by atoms with E-state index >= 15 is 0 Å². The van der Waals surface area contributed by atoms with Crippen LogP contribution in [0.2, 0.25) is 0 Å². The van der Waals surface area contributed by atoms with Crippen LogP contribution in [-0.2, 0) is 6.42 Å². The number of likely N-dealkylation sites (tertiary alicyclic amines) is 2. The average molecular weight is 410 g/mol. The molecule has 2 aliphatic heterocycles. The third kappa shape index (κ3) is 2.89. The predicted octanol–water partition coefficient (Wildman–Crippen LogP) is 4.46. The van der Waals surface area contributed by atoms with Crippen LogP contribution in [0.15, 0.2) is 30.3 Å². The van der Waals surface area contributed by atoms with E-state index in [1.165, 1.54) is 18.4 Å². The fraction of sp³-hybridized carbons (Fsp3) is 0.583. The maximum atomic E-state index is 13.8. The van der Waals surface area contributed by atoms with Crippen LogP contribution >= 0.6 is 11.3 Å². The number of fused-ring (bicyclic) bond motifs is 1. The molecule has 5 rings (SSSR count). The quantitative estimate of drug-likeness (QED) is 0.751. The molecule has 1 aromatic carbocycles. The fourth-order valence-electron chi connectivity index (χ4n) is 6.66. The molecule has 1 aliphatic carbocycles. The number of aromatic nitrogens is 1. The van der Waals surface area contributed by atoms with Crippen molar-refractivity contribution < 1.29 is 4.79 Å². The van der Waals surface area contributed by atoms with Gasteiger partial charge in [-0.2, -0.15) is 0 Å². The van der Waals surface area contributed by atoms with E-state index in [1.54, 1.807) is 11.3 Å². The number of amides is 1. The number of hydrogen-bond donors (Lipinski definition) is 0. The zero-order chi connectivity index (χ0) is 20.3.